The van der Waals surface area contributed by atoms with E-state index in [-0.39, 0.29) is 17.2 Å². The maximum atomic E-state index is 14.1. The number of H-pyrrole nitrogens is 1. The highest BCUT2D eigenvalue weighted by molar-refractivity contribution is 8.00. The molecular formula is C29H23N3O7S2. The Morgan fingerprint density at radius 1 is 1.02 bits per heavy atom. The van der Waals surface area contributed by atoms with E-state index in [9.17, 15) is 24.5 Å². The number of nitro benzene ring substituents is 1. The number of anilines is 1. The summed E-state index contributed by atoms with van der Waals surface area (Å²) in [4.78, 5) is 55.7. The Kier molecular flexibility index (Phi) is 6.88. The van der Waals surface area contributed by atoms with Crippen molar-refractivity contribution in [3.8, 4) is 11.5 Å². The van der Waals surface area contributed by atoms with Crippen molar-refractivity contribution in [3.63, 3.8) is 0 Å². The summed E-state index contributed by atoms with van der Waals surface area (Å²) >= 11 is 2.07. The molecule has 3 atom stereocenters. The number of benzene rings is 3. The van der Waals surface area contributed by atoms with E-state index in [4.69, 9.17) is 9.47 Å². The Morgan fingerprint density at radius 2 is 1.78 bits per heavy atom. The van der Waals surface area contributed by atoms with Gasteiger partial charge < -0.3 is 14.5 Å². The van der Waals surface area contributed by atoms with Gasteiger partial charge in [0, 0.05) is 28.5 Å². The first kappa shape index (κ1) is 26.8. The first-order valence-electron chi connectivity index (χ1n) is 12.6. The summed E-state index contributed by atoms with van der Waals surface area (Å²) in [6.07, 6.45) is 0. The number of aromatic nitrogens is 1. The van der Waals surface area contributed by atoms with E-state index >= 15 is 0 Å². The van der Waals surface area contributed by atoms with Gasteiger partial charge in [-0.25, -0.2) is 4.90 Å². The molecule has 2 aliphatic heterocycles. The normalized spacial score (nSPS) is 19.6. The number of hydrogen-bond acceptors (Lipinski definition) is 9. The van der Waals surface area contributed by atoms with Crippen LogP contribution in [-0.2, 0) is 16.2 Å². The molecule has 41 heavy (non-hydrogen) atoms. The molecule has 0 spiro atoms. The molecule has 10 nitrogen and oxygen atoms in total. The number of nitro groups is 1. The van der Waals surface area contributed by atoms with Crippen LogP contribution in [0, 0.1) is 23.0 Å². The summed E-state index contributed by atoms with van der Waals surface area (Å²) in [5, 5.41) is 11.4. The molecule has 6 rings (SSSR count). The molecule has 0 bridgehead atoms. The van der Waals surface area contributed by atoms with Gasteiger partial charge in [-0.05, 0) is 48.4 Å². The van der Waals surface area contributed by atoms with Crippen LogP contribution in [0.15, 0.2) is 76.6 Å². The molecule has 2 aliphatic rings. The number of amides is 2. The van der Waals surface area contributed by atoms with Gasteiger partial charge in [0.05, 0.1) is 28.7 Å². The highest BCUT2D eigenvalue weighted by atomic mass is 32.2. The van der Waals surface area contributed by atoms with Gasteiger partial charge in [-0.3, -0.25) is 24.5 Å². The Bertz CT molecular complexity index is 1750. The molecule has 1 fully saturated rings. The third kappa shape index (κ3) is 4.68. The standard InChI is InChI=1S/C29H23N3O7S2/c1-15-5-3-4-6-16(15)14-39-21-12-9-18(32(36)37)13-20(21)22-23-25(40-26-24(22)41-29(35)30-26)28(34)31(27(23)33)17-7-10-19(38-2)11-8-17/h3-13,22-23,25H,14H2,1-2H3,(H,30,35)/t22-,23?,25?/m1/s1. The van der Waals surface area contributed by atoms with E-state index in [1.807, 2.05) is 31.2 Å². The lowest BCUT2D eigenvalue weighted by Gasteiger charge is -2.30. The van der Waals surface area contributed by atoms with Gasteiger partial charge in [0.15, 0.2) is 0 Å². The number of carbonyl (C=O) groups excluding carboxylic acids is 2. The van der Waals surface area contributed by atoms with Crippen molar-refractivity contribution in [3.05, 3.63) is 108 Å². The Balaban J connectivity index is 1.47. The third-order valence-electron chi connectivity index (χ3n) is 7.34. The fraction of sp³-hybridized carbons (Fsp3) is 0.207. The lowest BCUT2D eigenvalue weighted by molar-refractivity contribution is -0.385. The predicted molar refractivity (Wildman–Crippen MR) is 154 cm³/mol. The third-order valence-corrected chi connectivity index (χ3v) is 9.74. The predicted octanol–water partition coefficient (Wildman–Crippen LogP) is 5.04. The van der Waals surface area contributed by atoms with Crippen molar-refractivity contribution in [2.24, 2.45) is 5.92 Å². The fourth-order valence-electron chi connectivity index (χ4n) is 5.29. The lowest BCUT2D eigenvalue weighted by atomic mass is 9.82. The van der Waals surface area contributed by atoms with Crippen LogP contribution in [-0.4, -0.2) is 34.1 Å². The number of thioether (sulfide) groups is 1. The molecule has 3 aromatic carbocycles. The number of ether oxygens (including phenoxy) is 2. The number of imide groups is 1. The summed E-state index contributed by atoms with van der Waals surface area (Å²) in [5.41, 5.74) is 2.52. The Labute approximate surface area is 242 Å². The van der Waals surface area contributed by atoms with Gasteiger partial charge in [0.1, 0.15) is 23.4 Å². The number of nitrogens with zero attached hydrogens (tertiary/aromatic N) is 2. The molecule has 208 valence electrons. The van der Waals surface area contributed by atoms with Gasteiger partial charge in [-0.1, -0.05) is 47.4 Å². The lowest BCUT2D eigenvalue weighted by Crippen LogP contribution is -2.32. The molecule has 2 unspecified atom stereocenters. The van der Waals surface area contributed by atoms with Crippen LogP contribution in [0.4, 0.5) is 11.4 Å². The largest absolute Gasteiger partial charge is 0.497 e. The highest BCUT2D eigenvalue weighted by Gasteiger charge is 2.57. The van der Waals surface area contributed by atoms with Crippen LogP contribution in [0.3, 0.4) is 0 Å². The number of aromatic amines is 1. The zero-order chi connectivity index (χ0) is 28.8. The van der Waals surface area contributed by atoms with Crippen LogP contribution >= 0.6 is 23.1 Å². The van der Waals surface area contributed by atoms with E-state index in [2.05, 4.69) is 4.98 Å². The number of hydrogen-bond donors (Lipinski definition) is 1. The van der Waals surface area contributed by atoms with Gasteiger partial charge in [0.25, 0.3) is 5.69 Å². The molecule has 0 aliphatic carbocycles. The first-order valence-corrected chi connectivity index (χ1v) is 14.3. The van der Waals surface area contributed by atoms with E-state index in [1.54, 1.807) is 24.3 Å². The van der Waals surface area contributed by atoms with Crippen molar-refractivity contribution in [2.45, 2.75) is 29.7 Å². The number of thiazole rings is 1. The molecule has 1 aromatic heterocycles. The summed E-state index contributed by atoms with van der Waals surface area (Å²) in [6, 6.07) is 18.5. The molecule has 1 N–H and O–H groups in total. The molecule has 1 saturated heterocycles. The zero-order valence-corrected chi connectivity index (χ0v) is 23.5. The number of nitrogens with one attached hydrogen (secondary N) is 1. The zero-order valence-electron chi connectivity index (χ0n) is 21.9. The van der Waals surface area contributed by atoms with Crippen molar-refractivity contribution < 1.29 is 24.0 Å². The summed E-state index contributed by atoms with van der Waals surface area (Å²) in [5.74, 6) is -1.71. The van der Waals surface area contributed by atoms with Crippen molar-refractivity contribution >= 4 is 46.3 Å². The molecule has 2 amide bonds. The average Bonchev–Trinajstić information content (AvgIpc) is 3.46. The number of fused-ring (bicyclic) bond motifs is 2. The minimum absolute atomic E-state index is 0.189. The van der Waals surface area contributed by atoms with E-state index in [0.717, 1.165) is 39.1 Å². The minimum Gasteiger partial charge on any atom is -0.497 e. The maximum absolute atomic E-state index is 14.1. The second-order valence-corrected chi connectivity index (χ2v) is 11.8. The fourth-order valence-corrected chi connectivity index (χ4v) is 7.80. The van der Waals surface area contributed by atoms with Crippen LogP contribution in [0.1, 0.15) is 27.5 Å². The summed E-state index contributed by atoms with van der Waals surface area (Å²) in [6.45, 7) is 2.15. The van der Waals surface area contributed by atoms with Crippen LogP contribution in [0.2, 0.25) is 0 Å². The molecule has 12 heteroatoms. The van der Waals surface area contributed by atoms with E-state index < -0.39 is 33.8 Å². The van der Waals surface area contributed by atoms with E-state index in [1.165, 1.54) is 25.3 Å². The van der Waals surface area contributed by atoms with Crippen molar-refractivity contribution in [2.75, 3.05) is 12.0 Å². The van der Waals surface area contributed by atoms with Gasteiger partial charge in [-0.15, -0.1) is 0 Å². The van der Waals surface area contributed by atoms with Gasteiger partial charge in [-0.2, -0.15) is 0 Å². The van der Waals surface area contributed by atoms with E-state index in [0.29, 0.717) is 32.7 Å². The number of carbonyl (C=O) groups is 2. The molecule has 3 heterocycles. The second kappa shape index (κ2) is 10.5. The van der Waals surface area contributed by atoms with Crippen LogP contribution < -0.4 is 19.2 Å². The van der Waals surface area contributed by atoms with Gasteiger partial charge >= 0.3 is 4.87 Å². The quantitative estimate of drug-likeness (QED) is 0.180. The summed E-state index contributed by atoms with van der Waals surface area (Å²) < 4.78 is 11.4. The number of aryl methyl sites for hydroxylation is 1. The SMILES string of the molecule is COc1ccc(N2C(=O)C3Sc4[nH]c(=O)sc4[C@H](c4cc([N+](=O)[O-])ccc4OCc4ccccc4C)C3C2=O)cc1. The average molecular weight is 590 g/mol. The van der Waals surface area contributed by atoms with Crippen molar-refractivity contribution in [1.29, 1.82) is 0 Å². The summed E-state index contributed by atoms with van der Waals surface area (Å²) in [7, 11) is 1.52. The molecule has 0 radical (unpaired) electrons. The Hall–Kier alpha value is -4.42. The highest BCUT2D eigenvalue weighted by Crippen LogP contribution is 2.55. The Morgan fingerprint density at radius 3 is 2.49 bits per heavy atom. The number of methoxy groups -OCH3 is 1. The van der Waals surface area contributed by atoms with Crippen LogP contribution in [0.25, 0.3) is 0 Å². The topological polar surface area (TPSA) is 132 Å². The monoisotopic (exact) mass is 589 g/mol. The smallest absolute Gasteiger partial charge is 0.305 e. The number of rotatable bonds is 7. The number of non-ortho nitro benzene ring substituents is 1. The second-order valence-electron chi connectivity index (χ2n) is 9.65. The first-order chi connectivity index (χ1) is 19.8. The minimum atomic E-state index is -0.920. The van der Waals surface area contributed by atoms with Crippen molar-refractivity contribution in [1.82, 2.24) is 4.98 Å². The molecular weight excluding hydrogens is 566 g/mol. The molecule has 0 saturated carbocycles. The van der Waals surface area contributed by atoms with Gasteiger partial charge in [0.2, 0.25) is 11.8 Å². The van der Waals surface area contributed by atoms with Crippen LogP contribution in [0.5, 0.6) is 11.5 Å². The molecule has 4 aromatic rings. The maximum Gasteiger partial charge on any atom is 0.305 e.